The third-order valence-corrected chi connectivity index (χ3v) is 11.4. The van der Waals surface area contributed by atoms with Crippen LogP contribution in [0, 0.1) is 13.8 Å². The van der Waals surface area contributed by atoms with E-state index in [1.165, 1.54) is 59.2 Å². The van der Waals surface area contributed by atoms with Crippen LogP contribution in [0.25, 0.3) is 0 Å². The molecule has 4 aromatic rings. The van der Waals surface area contributed by atoms with Crippen molar-refractivity contribution < 1.29 is 21.1 Å². The molecule has 0 atom stereocenters. The van der Waals surface area contributed by atoms with Crippen molar-refractivity contribution in [3.63, 3.8) is 0 Å². The van der Waals surface area contributed by atoms with E-state index in [2.05, 4.69) is 149 Å². The molecular weight excluding hydrogens is 689 g/mol. The molecule has 39 heavy (non-hydrogen) atoms. The molecule has 0 heterocycles. The molecule has 0 nitrogen and oxygen atoms in total. The molecule has 0 fully saturated rings. The van der Waals surface area contributed by atoms with E-state index in [1.54, 1.807) is 0 Å². The Bertz CT molecular complexity index is 884. The zero-order valence-electron chi connectivity index (χ0n) is 23.8. The van der Waals surface area contributed by atoms with Crippen molar-refractivity contribution in [3.8, 4) is 0 Å². The average molecular weight is 736 g/mol. The number of benzene rings is 4. The van der Waals surface area contributed by atoms with Crippen LogP contribution in [0.1, 0.15) is 52.4 Å². The minimum absolute atomic E-state index is 0. The first-order valence-electron chi connectivity index (χ1n) is 14.1. The van der Waals surface area contributed by atoms with Gasteiger partial charge in [-0.15, -0.1) is 0 Å². The van der Waals surface area contributed by atoms with Crippen molar-refractivity contribution in [1.29, 1.82) is 0 Å². The minimum Gasteiger partial charge on any atom is -0.343 e. The van der Waals surface area contributed by atoms with E-state index >= 15 is 0 Å². The van der Waals surface area contributed by atoms with Crippen LogP contribution >= 0.6 is 15.8 Å². The summed E-state index contributed by atoms with van der Waals surface area (Å²) in [7, 11) is -0.696. The molecule has 4 rings (SSSR count). The van der Waals surface area contributed by atoms with Crippen molar-refractivity contribution in [2.45, 2.75) is 52.4 Å². The SMILES string of the molecule is [CH2-]CCCC.[CH2-]CCCC.[Pt+2].c1ccc(P(CCP(c2ccccc2)c2ccccc2)c2ccccc2)cc1. The molecule has 3 heteroatoms. The standard InChI is InChI=1S/C26H24P2.2C5H11.Pt/c1-5-13-23(14-6-1)27(24-15-7-2-8-16-24)21-22-28(25-17-9-3-10-18-25)26-19-11-4-12-20-26;2*1-3-5-4-2;/h1-20H,21-22H2;2*1,3-5H2,2H3;/q;2*-1;+2. The largest absolute Gasteiger partial charge is 2.00 e. The first-order chi connectivity index (χ1) is 18.7. The normalized spacial score (nSPS) is 10.1. The minimum atomic E-state index is -0.348. The van der Waals surface area contributed by atoms with Gasteiger partial charge in [-0.1, -0.05) is 161 Å². The van der Waals surface area contributed by atoms with Gasteiger partial charge in [0.25, 0.3) is 0 Å². The van der Waals surface area contributed by atoms with Gasteiger partial charge in [-0.25, -0.2) is 0 Å². The molecule has 0 saturated carbocycles. The molecule has 0 aromatic heterocycles. The second-order valence-electron chi connectivity index (χ2n) is 9.06. The summed E-state index contributed by atoms with van der Waals surface area (Å²) >= 11 is 0. The van der Waals surface area contributed by atoms with Gasteiger partial charge in [0.2, 0.25) is 0 Å². The quantitative estimate of drug-likeness (QED) is 0.107. The van der Waals surface area contributed by atoms with Gasteiger partial charge in [-0.3, -0.25) is 0 Å². The second kappa shape index (κ2) is 23.2. The smallest absolute Gasteiger partial charge is 0.343 e. The summed E-state index contributed by atoms with van der Waals surface area (Å²) in [5.41, 5.74) is 0. The Balaban J connectivity index is 0.000000595. The summed E-state index contributed by atoms with van der Waals surface area (Å²) < 4.78 is 0. The van der Waals surface area contributed by atoms with Gasteiger partial charge in [0.15, 0.2) is 0 Å². The van der Waals surface area contributed by atoms with Crippen LogP contribution < -0.4 is 21.2 Å². The summed E-state index contributed by atoms with van der Waals surface area (Å²) in [5, 5.41) is 5.89. The van der Waals surface area contributed by atoms with Gasteiger partial charge in [0, 0.05) is 0 Å². The van der Waals surface area contributed by atoms with E-state index in [-0.39, 0.29) is 36.9 Å². The summed E-state index contributed by atoms with van der Waals surface area (Å²) in [5.74, 6) is 0. The van der Waals surface area contributed by atoms with E-state index in [1.807, 2.05) is 0 Å². The average Bonchev–Trinajstić information content (AvgIpc) is 2.99. The zero-order valence-corrected chi connectivity index (χ0v) is 27.9. The fourth-order valence-corrected chi connectivity index (χ4v) is 9.30. The molecular formula is C36H46P2Pt. The molecule has 0 aliphatic rings. The van der Waals surface area contributed by atoms with Gasteiger partial charge < -0.3 is 13.8 Å². The molecule has 0 bridgehead atoms. The first-order valence-corrected chi connectivity index (χ1v) is 17.1. The van der Waals surface area contributed by atoms with Gasteiger partial charge in [0.05, 0.1) is 0 Å². The third-order valence-electron chi connectivity index (χ3n) is 6.03. The van der Waals surface area contributed by atoms with E-state index < -0.39 is 0 Å². The third kappa shape index (κ3) is 14.1. The monoisotopic (exact) mass is 735 g/mol. The maximum absolute atomic E-state index is 3.68. The number of hydrogen-bond donors (Lipinski definition) is 0. The molecule has 0 unspecified atom stereocenters. The predicted octanol–water partition coefficient (Wildman–Crippen LogP) is 9.27. The Morgan fingerprint density at radius 2 is 0.667 bits per heavy atom. The van der Waals surface area contributed by atoms with Crippen LogP contribution in [0.4, 0.5) is 0 Å². The molecule has 0 spiro atoms. The number of unbranched alkanes of at least 4 members (excludes halogenated alkanes) is 4. The van der Waals surface area contributed by atoms with Crippen LogP contribution in [-0.4, -0.2) is 12.3 Å². The second-order valence-corrected chi connectivity index (χ2v) is 13.7. The zero-order chi connectivity index (χ0) is 27.3. The first kappa shape index (κ1) is 35.5. The predicted molar refractivity (Wildman–Crippen MR) is 178 cm³/mol. The summed E-state index contributed by atoms with van der Waals surface area (Å²) in [6.07, 6.45) is 9.72. The van der Waals surface area contributed by atoms with E-state index in [4.69, 9.17) is 0 Å². The van der Waals surface area contributed by atoms with Crippen molar-refractivity contribution in [2.24, 2.45) is 0 Å². The van der Waals surface area contributed by atoms with Gasteiger partial charge in [-0.05, 0) is 49.4 Å². The molecule has 0 aliphatic heterocycles. The number of rotatable bonds is 11. The van der Waals surface area contributed by atoms with E-state index in [0.717, 1.165) is 12.8 Å². The van der Waals surface area contributed by atoms with Crippen LogP contribution in [0.15, 0.2) is 121 Å². The van der Waals surface area contributed by atoms with Gasteiger partial charge >= 0.3 is 21.1 Å². The fraction of sp³-hybridized carbons (Fsp3) is 0.278. The van der Waals surface area contributed by atoms with Gasteiger partial charge in [-0.2, -0.15) is 12.8 Å². The van der Waals surface area contributed by atoms with Crippen LogP contribution in [0.2, 0.25) is 0 Å². The van der Waals surface area contributed by atoms with Crippen molar-refractivity contribution >= 4 is 37.1 Å². The summed E-state index contributed by atoms with van der Waals surface area (Å²) in [6.45, 7) is 11.7. The van der Waals surface area contributed by atoms with E-state index in [9.17, 15) is 0 Å². The van der Waals surface area contributed by atoms with E-state index in [0.29, 0.717) is 0 Å². The molecule has 0 saturated heterocycles. The fourth-order valence-electron chi connectivity index (χ4n) is 3.95. The molecule has 210 valence electrons. The van der Waals surface area contributed by atoms with Crippen molar-refractivity contribution in [3.05, 3.63) is 135 Å². The Labute approximate surface area is 256 Å². The van der Waals surface area contributed by atoms with Crippen molar-refractivity contribution in [2.75, 3.05) is 12.3 Å². The van der Waals surface area contributed by atoms with Crippen molar-refractivity contribution in [1.82, 2.24) is 0 Å². The summed E-state index contributed by atoms with van der Waals surface area (Å²) in [6, 6.07) is 44.2. The Hall–Kier alpha value is -1.57. The molecule has 0 amide bonds. The van der Waals surface area contributed by atoms with Gasteiger partial charge in [0.1, 0.15) is 0 Å². The maximum Gasteiger partial charge on any atom is 2.00 e. The number of hydrogen-bond acceptors (Lipinski definition) is 0. The Morgan fingerprint density at radius 1 is 0.436 bits per heavy atom. The molecule has 0 radical (unpaired) electrons. The van der Waals surface area contributed by atoms with Crippen LogP contribution in [0.3, 0.4) is 0 Å². The van der Waals surface area contributed by atoms with Crippen LogP contribution in [-0.2, 0) is 21.1 Å². The summed E-state index contributed by atoms with van der Waals surface area (Å²) in [4.78, 5) is 0. The Kier molecular flexibility index (Phi) is 21.1. The molecule has 0 N–H and O–H groups in total. The Morgan fingerprint density at radius 3 is 0.821 bits per heavy atom. The topological polar surface area (TPSA) is 0 Å². The maximum atomic E-state index is 3.68. The molecule has 0 aliphatic carbocycles. The van der Waals surface area contributed by atoms with Crippen LogP contribution in [0.5, 0.6) is 0 Å². The molecule has 4 aromatic carbocycles.